The van der Waals surface area contributed by atoms with Gasteiger partial charge in [0.15, 0.2) is 17.2 Å². The van der Waals surface area contributed by atoms with Crippen molar-refractivity contribution in [2.75, 3.05) is 0 Å². The lowest BCUT2D eigenvalue weighted by atomic mass is 9.79. The van der Waals surface area contributed by atoms with Gasteiger partial charge in [-0.05, 0) is 98.3 Å². The minimum atomic E-state index is -1.03. The molecule has 0 N–H and O–H groups in total. The average Bonchev–Trinajstić information content (AvgIpc) is 3.77. The van der Waals surface area contributed by atoms with Crippen LogP contribution < -0.4 is 13.9 Å². The van der Waals surface area contributed by atoms with Crippen molar-refractivity contribution < 1.29 is 13.9 Å². The van der Waals surface area contributed by atoms with Crippen LogP contribution in [-0.4, -0.2) is 4.57 Å². The second-order valence-corrected chi connectivity index (χ2v) is 19.0. The van der Waals surface area contributed by atoms with Crippen LogP contribution in [-0.2, 0) is 16.7 Å². The average molecular weight is 790 g/mol. The molecule has 1 atom stereocenters. The summed E-state index contributed by atoms with van der Waals surface area (Å²) in [6.45, 7) is 14.0. The summed E-state index contributed by atoms with van der Waals surface area (Å²) in [6.07, 6.45) is 2.26. The fourth-order valence-electron chi connectivity index (χ4n) is 10.4. The van der Waals surface area contributed by atoms with E-state index in [4.69, 9.17) is 4.74 Å². The zero-order chi connectivity index (χ0) is 41.4. The molecule has 3 aliphatic heterocycles. The van der Waals surface area contributed by atoms with Crippen LogP contribution in [0.1, 0.15) is 58.2 Å². The van der Waals surface area contributed by atoms with Gasteiger partial charge in [-0.1, -0.05) is 151 Å². The van der Waals surface area contributed by atoms with Gasteiger partial charge in [-0.3, -0.25) is 0 Å². The minimum Gasteiger partial charge on any atom is -0.392 e. The van der Waals surface area contributed by atoms with E-state index in [9.17, 15) is 0 Å². The first-order valence-corrected chi connectivity index (χ1v) is 21.5. The summed E-state index contributed by atoms with van der Waals surface area (Å²) in [6, 6.07) is 62.6. The van der Waals surface area contributed by atoms with Crippen LogP contribution >= 0.6 is 0 Å². The lowest BCUT2D eigenvalue weighted by molar-refractivity contribution is -0.997. The summed E-state index contributed by atoms with van der Waals surface area (Å²) in [4.78, 5) is 0. The van der Waals surface area contributed by atoms with Crippen LogP contribution in [0.4, 0.5) is 0 Å². The van der Waals surface area contributed by atoms with Gasteiger partial charge in [-0.25, -0.2) is 0 Å². The second kappa shape index (κ2) is 12.5. The zero-order valence-corrected chi connectivity index (χ0v) is 35.5. The van der Waals surface area contributed by atoms with E-state index >= 15 is 0 Å². The Morgan fingerprint density at radius 2 is 1.11 bits per heavy atom. The zero-order valence-electron chi connectivity index (χ0n) is 35.5. The smallest absolute Gasteiger partial charge is 0.392 e. The summed E-state index contributed by atoms with van der Waals surface area (Å²) in [5.74, 6) is 0.913. The number of benzene rings is 7. The van der Waals surface area contributed by atoms with Crippen LogP contribution in [0, 0.1) is 0 Å². The Morgan fingerprint density at radius 1 is 0.492 bits per heavy atom. The van der Waals surface area contributed by atoms with Crippen LogP contribution in [0.5, 0.6) is 5.75 Å². The Labute approximate surface area is 357 Å². The number of imidazole rings is 1. The molecule has 0 bridgehead atoms. The van der Waals surface area contributed by atoms with Crippen LogP contribution in [0.15, 0.2) is 176 Å². The van der Waals surface area contributed by atoms with Crippen LogP contribution in [0.25, 0.3) is 83.9 Å². The van der Waals surface area contributed by atoms with Crippen molar-refractivity contribution in [2.45, 2.75) is 58.2 Å². The molecule has 12 rings (SSSR count). The van der Waals surface area contributed by atoms with Gasteiger partial charge in [0.25, 0.3) is 0 Å². The van der Waals surface area contributed by atoms with Crippen molar-refractivity contribution >= 4 is 11.0 Å². The quantitative estimate of drug-likeness (QED) is 0.163. The summed E-state index contributed by atoms with van der Waals surface area (Å²) in [7, 11) is 0. The van der Waals surface area contributed by atoms with Crippen molar-refractivity contribution in [3.05, 3.63) is 193 Å². The van der Waals surface area contributed by atoms with Crippen molar-refractivity contribution in [2.24, 2.45) is 0 Å². The Morgan fingerprint density at radius 3 is 1.80 bits per heavy atom. The van der Waals surface area contributed by atoms with E-state index in [0.29, 0.717) is 0 Å². The van der Waals surface area contributed by atoms with Gasteiger partial charge in [-0.2, -0.15) is 4.57 Å². The van der Waals surface area contributed by atoms with Crippen molar-refractivity contribution in [3.8, 4) is 78.6 Å². The molecular weight excluding hydrogens is 743 g/mol. The molecule has 4 nitrogen and oxygen atoms in total. The molecule has 5 heterocycles. The number of hydrogen-bond acceptors (Lipinski definition) is 1. The van der Waals surface area contributed by atoms with E-state index in [2.05, 4.69) is 231 Å². The van der Waals surface area contributed by atoms with E-state index < -0.39 is 5.85 Å². The van der Waals surface area contributed by atoms with Gasteiger partial charge >= 0.3 is 11.7 Å². The summed E-state index contributed by atoms with van der Waals surface area (Å²) < 4.78 is 15.2. The maximum Gasteiger partial charge on any atom is 0.499 e. The third-order valence-electron chi connectivity index (χ3n) is 13.2. The molecule has 0 saturated carbocycles. The molecule has 7 aromatic carbocycles. The molecule has 0 amide bonds. The number of pyridine rings is 1. The van der Waals surface area contributed by atoms with Gasteiger partial charge in [-0.15, -0.1) is 9.13 Å². The Hall–Kier alpha value is -7.04. The van der Waals surface area contributed by atoms with E-state index in [0.717, 1.165) is 39.6 Å². The molecule has 0 radical (unpaired) electrons. The molecule has 61 heavy (non-hydrogen) atoms. The summed E-state index contributed by atoms with van der Waals surface area (Å²) in [5, 5.41) is 0. The Bertz CT molecular complexity index is 3280. The third kappa shape index (κ3) is 4.99. The number of ether oxygens (including phenoxy) is 1. The van der Waals surface area contributed by atoms with E-state index in [1.165, 1.54) is 66.8 Å². The first-order chi connectivity index (χ1) is 29.5. The summed E-state index contributed by atoms with van der Waals surface area (Å²) in [5.41, 5.74) is 20.0. The molecule has 3 aliphatic rings. The fraction of sp³-hybridized carbons (Fsp3) is 0.158. The molecule has 0 fully saturated rings. The molecule has 294 valence electrons. The molecule has 0 saturated heterocycles. The highest BCUT2D eigenvalue weighted by molar-refractivity contribution is 5.99. The second-order valence-electron chi connectivity index (χ2n) is 19.0. The number of rotatable bonds is 4. The van der Waals surface area contributed by atoms with Gasteiger partial charge < -0.3 is 4.74 Å². The number of aromatic nitrogens is 3. The van der Waals surface area contributed by atoms with Gasteiger partial charge in [0.1, 0.15) is 22.6 Å². The monoisotopic (exact) mass is 789 g/mol. The maximum absolute atomic E-state index is 7.71. The highest BCUT2D eigenvalue weighted by atomic mass is 16.5. The number of nitrogens with zero attached hydrogens (tertiary/aromatic N) is 3. The topological polar surface area (TPSA) is 21.9 Å². The van der Waals surface area contributed by atoms with Crippen LogP contribution in [0.3, 0.4) is 0 Å². The predicted molar refractivity (Wildman–Crippen MR) is 247 cm³/mol. The number of fused-ring (bicyclic) bond motifs is 5. The minimum absolute atomic E-state index is 0.0885. The maximum atomic E-state index is 7.71. The molecule has 1 unspecified atom stereocenters. The molecule has 1 spiro atoms. The van der Waals surface area contributed by atoms with Gasteiger partial charge in [0.05, 0.1) is 5.56 Å². The fourth-order valence-corrected chi connectivity index (χ4v) is 10.4. The van der Waals surface area contributed by atoms with Gasteiger partial charge in [0.2, 0.25) is 5.69 Å². The molecular formula is C57H47N3O+2. The van der Waals surface area contributed by atoms with E-state index in [1.54, 1.807) is 0 Å². The Balaban J connectivity index is 1.27. The Kier molecular flexibility index (Phi) is 7.35. The standard InChI is InChI=1S/C57H47N3O/c1-55(2,3)40-32-45-41-26-18-27-48-53(41)60-54(59(48)50-35-43(37-21-12-8-13-22-37)47(56(4,5)6)34-44(50)38-23-14-9-15-24-38)42-25-16-17-28-51(42)61-57(60)52(45)46(33-40)49-31-39(29-30-58(49)57)36-19-10-7-11-20-36/h7-35H,1-6H3/q+2. The van der Waals surface area contributed by atoms with Crippen LogP contribution in [0.2, 0.25) is 0 Å². The van der Waals surface area contributed by atoms with E-state index in [1.807, 2.05) is 0 Å². The molecule has 9 aromatic rings. The lowest BCUT2D eigenvalue weighted by Crippen LogP contribution is -2.78. The third-order valence-corrected chi connectivity index (χ3v) is 13.2. The van der Waals surface area contributed by atoms with Crippen molar-refractivity contribution in [1.82, 2.24) is 4.57 Å². The molecule has 2 aromatic heterocycles. The van der Waals surface area contributed by atoms with Crippen molar-refractivity contribution in [1.29, 1.82) is 0 Å². The normalized spacial score (nSPS) is 15.6. The largest absolute Gasteiger partial charge is 0.499 e. The number of hydrogen-bond donors (Lipinski definition) is 0. The predicted octanol–water partition coefficient (Wildman–Crippen LogP) is 13.0. The first-order valence-electron chi connectivity index (χ1n) is 21.5. The lowest BCUT2D eigenvalue weighted by Gasteiger charge is -2.33. The molecule has 4 heteroatoms. The first kappa shape index (κ1) is 35.9. The van der Waals surface area contributed by atoms with Crippen molar-refractivity contribution in [3.63, 3.8) is 0 Å². The number of para-hydroxylation sites is 2. The summed E-state index contributed by atoms with van der Waals surface area (Å²) >= 11 is 0. The van der Waals surface area contributed by atoms with Gasteiger partial charge in [0, 0.05) is 28.8 Å². The highest BCUT2D eigenvalue weighted by Gasteiger charge is 2.68. The SMILES string of the molecule is CC(C)(C)c1cc2c3c(c1)-c1cc(-c4ccccc4)cc[n+]1C31Oc3ccccc3-c3n(-c4cc(-c5ccccc5)c(C(C)(C)C)cc4-c4ccccc4)c4cccc-2c4[n+]31. The molecule has 0 aliphatic carbocycles. The highest BCUT2D eigenvalue weighted by Crippen LogP contribution is 2.55. The van der Waals surface area contributed by atoms with E-state index in [-0.39, 0.29) is 10.8 Å².